The number of carbonyl (C=O) groups is 1. The molecule has 2 aromatic rings. The SMILES string of the molecule is CO[C@H](C(=O)NCc1cccc(C)n1)c1ccccc1. The first-order valence-corrected chi connectivity index (χ1v) is 6.48. The molecule has 1 N–H and O–H groups in total. The average molecular weight is 270 g/mol. The molecule has 0 saturated carbocycles. The van der Waals surface area contributed by atoms with Gasteiger partial charge >= 0.3 is 0 Å². The molecule has 1 aromatic heterocycles. The molecule has 0 spiro atoms. The number of aromatic nitrogens is 1. The lowest BCUT2D eigenvalue weighted by Gasteiger charge is -2.15. The van der Waals surface area contributed by atoms with E-state index in [1.807, 2.05) is 55.5 Å². The third kappa shape index (κ3) is 3.65. The van der Waals surface area contributed by atoms with Crippen LogP contribution in [0.3, 0.4) is 0 Å². The zero-order valence-electron chi connectivity index (χ0n) is 11.7. The Balaban J connectivity index is 2.00. The highest BCUT2D eigenvalue weighted by Crippen LogP contribution is 2.16. The van der Waals surface area contributed by atoms with Gasteiger partial charge in [-0.1, -0.05) is 36.4 Å². The molecule has 0 fully saturated rings. The van der Waals surface area contributed by atoms with E-state index in [2.05, 4.69) is 10.3 Å². The number of nitrogens with one attached hydrogen (secondary N) is 1. The summed E-state index contributed by atoms with van der Waals surface area (Å²) in [6, 6.07) is 15.2. The molecule has 1 amide bonds. The van der Waals surface area contributed by atoms with Gasteiger partial charge in [0.25, 0.3) is 5.91 Å². The maximum absolute atomic E-state index is 12.2. The minimum atomic E-state index is -0.596. The minimum Gasteiger partial charge on any atom is -0.367 e. The maximum atomic E-state index is 12.2. The molecule has 1 atom stereocenters. The Morgan fingerprint density at radius 2 is 1.95 bits per heavy atom. The third-order valence-corrected chi connectivity index (χ3v) is 2.97. The summed E-state index contributed by atoms with van der Waals surface area (Å²) in [6.07, 6.45) is -0.596. The Bertz CT molecular complexity index is 570. The standard InChI is InChI=1S/C16H18N2O2/c1-12-7-6-10-14(18-12)11-17-16(19)15(20-2)13-8-4-3-5-9-13/h3-10,15H,11H2,1-2H3,(H,17,19)/t15-/m0/s1. The van der Waals surface area contributed by atoms with E-state index >= 15 is 0 Å². The van der Waals surface area contributed by atoms with Crippen molar-refractivity contribution in [1.29, 1.82) is 0 Å². The number of nitrogens with zero attached hydrogens (tertiary/aromatic N) is 1. The quantitative estimate of drug-likeness (QED) is 0.907. The van der Waals surface area contributed by atoms with Gasteiger partial charge in [-0.2, -0.15) is 0 Å². The van der Waals surface area contributed by atoms with Gasteiger partial charge in [0.2, 0.25) is 0 Å². The summed E-state index contributed by atoms with van der Waals surface area (Å²) in [4.78, 5) is 16.5. The summed E-state index contributed by atoms with van der Waals surface area (Å²) in [5.41, 5.74) is 2.61. The average Bonchev–Trinajstić information content (AvgIpc) is 2.47. The van der Waals surface area contributed by atoms with Crippen LogP contribution in [-0.4, -0.2) is 18.0 Å². The lowest BCUT2D eigenvalue weighted by molar-refractivity contribution is -0.131. The van der Waals surface area contributed by atoms with Crippen LogP contribution < -0.4 is 5.32 Å². The molecule has 0 bridgehead atoms. The van der Waals surface area contributed by atoms with Crippen molar-refractivity contribution in [3.63, 3.8) is 0 Å². The molecule has 0 aliphatic rings. The van der Waals surface area contributed by atoms with Crippen molar-refractivity contribution in [2.45, 2.75) is 19.6 Å². The van der Waals surface area contributed by atoms with Crippen LogP contribution in [0.25, 0.3) is 0 Å². The van der Waals surface area contributed by atoms with E-state index in [0.717, 1.165) is 17.0 Å². The van der Waals surface area contributed by atoms with Gasteiger partial charge in [-0.05, 0) is 24.6 Å². The fraction of sp³-hybridized carbons (Fsp3) is 0.250. The second kappa shape index (κ2) is 6.82. The zero-order valence-corrected chi connectivity index (χ0v) is 11.7. The summed E-state index contributed by atoms with van der Waals surface area (Å²) < 4.78 is 5.28. The molecule has 0 radical (unpaired) electrons. The second-order valence-electron chi connectivity index (χ2n) is 4.51. The van der Waals surface area contributed by atoms with Gasteiger partial charge in [0, 0.05) is 12.8 Å². The van der Waals surface area contributed by atoms with Crippen LogP contribution in [0.15, 0.2) is 48.5 Å². The molecule has 104 valence electrons. The lowest BCUT2D eigenvalue weighted by atomic mass is 10.1. The molecule has 4 nitrogen and oxygen atoms in total. The molecule has 1 heterocycles. The fourth-order valence-electron chi connectivity index (χ4n) is 1.99. The Hall–Kier alpha value is -2.20. The summed E-state index contributed by atoms with van der Waals surface area (Å²) in [7, 11) is 1.53. The number of pyridine rings is 1. The maximum Gasteiger partial charge on any atom is 0.254 e. The van der Waals surface area contributed by atoms with E-state index in [-0.39, 0.29) is 5.91 Å². The number of hydrogen-bond acceptors (Lipinski definition) is 3. The van der Waals surface area contributed by atoms with Crippen LogP contribution >= 0.6 is 0 Å². The Morgan fingerprint density at radius 1 is 1.20 bits per heavy atom. The number of aryl methyl sites for hydroxylation is 1. The van der Waals surface area contributed by atoms with E-state index < -0.39 is 6.10 Å². The van der Waals surface area contributed by atoms with Crippen LogP contribution in [-0.2, 0) is 16.1 Å². The normalized spacial score (nSPS) is 11.9. The smallest absolute Gasteiger partial charge is 0.254 e. The number of ether oxygens (including phenoxy) is 1. The largest absolute Gasteiger partial charge is 0.367 e. The van der Waals surface area contributed by atoms with Gasteiger partial charge in [-0.15, -0.1) is 0 Å². The molecule has 2 rings (SSSR count). The van der Waals surface area contributed by atoms with Crippen LogP contribution in [0.4, 0.5) is 0 Å². The highest BCUT2D eigenvalue weighted by Gasteiger charge is 2.19. The number of methoxy groups -OCH3 is 1. The van der Waals surface area contributed by atoms with Crippen molar-refractivity contribution in [2.75, 3.05) is 7.11 Å². The summed E-state index contributed by atoms with van der Waals surface area (Å²) in [5.74, 6) is -0.165. The molecule has 20 heavy (non-hydrogen) atoms. The van der Waals surface area contributed by atoms with Crippen molar-refractivity contribution in [3.8, 4) is 0 Å². The van der Waals surface area contributed by atoms with Gasteiger partial charge in [0.05, 0.1) is 12.2 Å². The first-order chi connectivity index (χ1) is 9.70. The van der Waals surface area contributed by atoms with Crippen LogP contribution in [0.1, 0.15) is 23.1 Å². The van der Waals surface area contributed by atoms with Gasteiger partial charge in [0.15, 0.2) is 6.10 Å². The highest BCUT2D eigenvalue weighted by atomic mass is 16.5. The minimum absolute atomic E-state index is 0.165. The number of carbonyl (C=O) groups excluding carboxylic acids is 1. The predicted octanol–water partition coefficient (Wildman–Crippen LogP) is 2.39. The molecular weight excluding hydrogens is 252 g/mol. The van der Waals surface area contributed by atoms with Crippen molar-refractivity contribution >= 4 is 5.91 Å². The fourth-order valence-corrected chi connectivity index (χ4v) is 1.99. The predicted molar refractivity (Wildman–Crippen MR) is 77.0 cm³/mol. The number of amides is 1. The molecule has 4 heteroatoms. The number of benzene rings is 1. The Kier molecular flexibility index (Phi) is 4.85. The van der Waals surface area contributed by atoms with Gasteiger partial charge in [-0.3, -0.25) is 9.78 Å². The monoisotopic (exact) mass is 270 g/mol. The van der Waals surface area contributed by atoms with Gasteiger partial charge in [0.1, 0.15) is 0 Å². The third-order valence-electron chi connectivity index (χ3n) is 2.97. The Morgan fingerprint density at radius 3 is 2.60 bits per heavy atom. The van der Waals surface area contributed by atoms with Crippen LogP contribution in [0.5, 0.6) is 0 Å². The lowest BCUT2D eigenvalue weighted by Crippen LogP contribution is -2.30. The van der Waals surface area contributed by atoms with E-state index in [9.17, 15) is 4.79 Å². The molecule has 0 saturated heterocycles. The molecular formula is C16H18N2O2. The van der Waals surface area contributed by atoms with E-state index in [1.54, 1.807) is 0 Å². The summed E-state index contributed by atoms with van der Waals surface area (Å²) in [5, 5.41) is 2.85. The van der Waals surface area contributed by atoms with E-state index in [4.69, 9.17) is 4.74 Å². The van der Waals surface area contributed by atoms with Crippen molar-refractivity contribution in [2.24, 2.45) is 0 Å². The van der Waals surface area contributed by atoms with Crippen molar-refractivity contribution in [1.82, 2.24) is 10.3 Å². The van der Waals surface area contributed by atoms with Crippen LogP contribution in [0, 0.1) is 6.92 Å². The first kappa shape index (κ1) is 14.2. The van der Waals surface area contributed by atoms with E-state index in [0.29, 0.717) is 6.54 Å². The number of hydrogen-bond donors (Lipinski definition) is 1. The van der Waals surface area contributed by atoms with Crippen molar-refractivity contribution in [3.05, 3.63) is 65.5 Å². The molecule has 0 aliphatic carbocycles. The molecule has 0 aliphatic heterocycles. The summed E-state index contributed by atoms with van der Waals surface area (Å²) >= 11 is 0. The zero-order chi connectivity index (χ0) is 14.4. The topological polar surface area (TPSA) is 51.2 Å². The van der Waals surface area contributed by atoms with Crippen molar-refractivity contribution < 1.29 is 9.53 Å². The second-order valence-corrected chi connectivity index (χ2v) is 4.51. The highest BCUT2D eigenvalue weighted by molar-refractivity contribution is 5.82. The summed E-state index contributed by atoms with van der Waals surface area (Å²) in [6.45, 7) is 2.32. The first-order valence-electron chi connectivity index (χ1n) is 6.48. The van der Waals surface area contributed by atoms with Crippen LogP contribution in [0.2, 0.25) is 0 Å². The van der Waals surface area contributed by atoms with E-state index in [1.165, 1.54) is 7.11 Å². The van der Waals surface area contributed by atoms with Gasteiger partial charge < -0.3 is 10.1 Å². The molecule has 1 aromatic carbocycles. The number of rotatable bonds is 5. The molecule has 0 unspecified atom stereocenters. The van der Waals surface area contributed by atoms with Gasteiger partial charge in [-0.25, -0.2) is 0 Å². The Labute approximate surface area is 118 Å².